The highest BCUT2D eigenvalue weighted by molar-refractivity contribution is 5.72. The van der Waals surface area contributed by atoms with Crippen LogP contribution in [0.2, 0.25) is 0 Å². The first-order valence-corrected chi connectivity index (χ1v) is 7.49. The molecule has 0 amide bonds. The normalized spacial score (nSPS) is 16.9. The summed E-state index contributed by atoms with van der Waals surface area (Å²) in [5, 5.41) is 3.39. The third-order valence-electron chi connectivity index (χ3n) is 4.06. The number of rotatable bonds is 1. The summed E-state index contributed by atoms with van der Waals surface area (Å²) in [4.78, 5) is 11.1. The van der Waals surface area contributed by atoms with Gasteiger partial charge in [0.15, 0.2) is 0 Å². The third kappa shape index (κ3) is 2.25. The smallest absolute Gasteiger partial charge is 0.146 e. The van der Waals surface area contributed by atoms with E-state index < -0.39 is 0 Å². The van der Waals surface area contributed by atoms with Gasteiger partial charge in [-0.2, -0.15) is 0 Å². The van der Waals surface area contributed by atoms with E-state index in [0.29, 0.717) is 6.61 Å². The number of para-hydroxylation sites is 1. The molecule has 22 heavy (non-hydrogen) atoms. The molecule has 1 fully saturated rings. The predicted octanol–water partition coefficient (Wildman–Crippen LogP) is 2.26. The molecule has 1 aromatic heterocycles. The van der Waals surface area contributed by atoms with Crippen molar-refractivity contribution < 1.29 is 9.47 Å². The van der Waals surface area contributed by atoms with Gasteiger partial charge in [0.25, 0.3) is 0 Å². The standard InChI is InChI=1S/C16H18N4O2/c1-11-3-2-4-13-14(11)22-9-12-15(19-13)17-10-18-16(12)20-5-7-21-8-6-20/h2-4,10H,5-9H2,1H3,(H,17,18,19). The van der Waals surface area contributed by atoms with Gasteiger partial charge in [-0.05, 0) is 18.6 Å². The Morgan fingerprint density at radius 2 is 2.05 bits per heavy atom. The van der Waals surface area contributed by atoms with Crippen LogP contribution in [0.25, 0.3) is 0 Å². The number of nitrogens with zero attached hydrogens (tertiary/aromatic N) is 3. The predicted molar refractivity (Wildman–Crippen MR) is 83.9 cm³/mol. The van der Waals surface area contributed by atoms with Crippen molar-refractivity contribution in [2.45, 2.75) is 13.5 Å². The molecule has 4 rings (SSSR count). The van der Waals surface area contributed by atoms with Crippen LogP contribution in [-0.4, -0.2) is 36.3 Å². The molecule has 0 unspecified atom stereocenters. The van der Waals surface area contributed by atoms with Crippen LogP contribution in [0.3, 0.4) is 0 Å². The third-order valence-corrected chi connectivity index (χ3v) is 4.06. The van der Waals surface area contributed by atoms with Gasteiger partial charge in [-0.3, -0.25) is 0 Å². The number of morpholine rings is 1. The van der Waals surface area contributed by atoms with Crippen LogP contribution in [0, 0.1) is 6.92 Å². The monoisotopic (exact) mass is 298 g/mol. The maximum atomic E-state index is 6.04. The summed E-state index contributed by atoms with van der Waals surface area (Å²) in [6, 6.07) is 6.07. The second-order valence-electron chi connectivity index (χ2n) is 5.49. The molecular weight excluding hydrogens is 280 g/mol. The minimum atomic E-state index is 0.466. The lowest BCUT2D eigenvalue weighted by Crippen LogP contribution is -2.37. The van der Waals surface area contributed by atoms with Crippen molar-refractivity contribution in [2.75, 3.05) is 36.5 Å². The van der Waals surface area contributed by atoms with Crippen LogP contribution in [0.1, 0.15) is 11.1 Å². The van der Waals surface area contributed by atoms with Gasteiger partial charge in [0.05, 0.1) is 24.5 Å². The van der Waals surface area contributed by atoms with E-state index in [9.17, 15) is 0 Å². The largest absolute Gasteiger partial charge is 0.486 e. The molecule has 6 nitrogen and oxygen atoms in total. The number of nitrogens with one attached hydrogen (secondary N) is 1. The van der Waals surface area contributed by atoms with Crippen molar-refractivity contribution in [3.05, 3.63) is 35.7 Å². The molecule has 0 aliphatic carbocycles. The van der Waals surface area contributed by atoms with Gasteiger partial charge in [-0.1, -0.05) is 12.1 Å². The molecule has 1 N–H and O–H groups in total. The molecule has 2 aliphatic rings. The number of ether oxygens (including phenoxy) is 2. The highest BCUT2D eigenvalue weighted by Crippen LogP contribution is 2.37. The average molecular weight is 298 g/mol. The fraction of sp³-hybridized carbons (Fsp3) is 0.375. The zero-order valence-electron chi connectivity index (χ0n) is 12.5. The van der Waals surface area contributed by atoms with E-state index in [0.717, 1.165) is 60.5 Å². The number of hydrogen-bond donors (Lipinski definition) is 1. The lowest BCUT2D eigenvalue weighted by atomic mass is 10.2. The molecule has 2 aromatic rings. The molecule has 0 spiro atoms. The quantitative estimate of drug-likeness (QED) is 0.871. The lowest BCUT2D eigenvalue weighted by Gasteiger charge is -2.29. The maximum absolute atomic E-state index is 6.04. The van der Waals surface area contributed by atoms with E-state index in [-0.39, 0.29) is 0 Å². The Hall–Kier alpha value is -2.34. The molecule has 1 aromatic carbocycles. The summed E-state index contributed by atoms with van der Waals surface area (Å²) in [6.07, 6.45) is 1.61. The topological polar surface area (TPSA) is 59.5 Å². The number of anilines is 3. The number of aromatic nitrogens is 2. The summed E-state index contributed by atoms with van der Waals surface area (Å²) in [7, 11) is 0. The van der Waals surface area contributed by atoms with Gasteiger partial charge in [-0.25, -0.2) is 9.97 Å². The van der Waals surface area contributed by atoms with Crippen molar-refractivity contribution in [1.82, 2.24) is 9.97 Å². The van der Waals surface area contributed by atoms with Crippen LogP contribution in [0.4, 0.5) is 17.3 Å². The minimum absolute atomic E-state index is 0.466. The Balaban J connectivity index is 1.74. The van der Waals surface area contributed by atoms with Crippen molar-refractivity contribution in [3.8, 4) is 5.75 Å². The first-order chi connectivity index (χ1) is 10.8. The summed E-state index contributed by atoms with van der Waals surface area (Å²) < 4.78 is 11.5. The molecule has 0 bridgehead atoms. The van der Waals surface area contributed by atoms with Crippen LogP contribution >= 0.6 is 0 Å². The van der Waals surface area contributed by atoms with E-state index >= 15 is 0 Å². The Kier molecular flexibility index (Phi) is 3.31. The number of aryl methyl sites for hydroxylation is 1. The Bertz CT molecular complexity index is 699. The molecule has 1 saturated heterocycles. The fourth-order valence-electron chi connectivity index (χ4n) is 2.91. The van der Waals surface area contributed by atoms with Crippen LogP contribution in [-0.2, 0) is 11.3 Å². The highest BCUT2D eigenvalue weighted by Gasteiger charge is 2.23. The second kappa shape index (κ2) is 5.46. The van der Waals surface area contributed by atoms with Gasteiger partial charge in [0.2, 0.25) is 0 Å². The van der Waals surface area contributed by atoms with Crippen molar-refractivity contribution in [3.63, 3.8) is 0 Å². The molecular formula is C16H18N4O2. The zero-order chi connectivity index (χ0) is 14.9. The first kappa shape index (κ1) is 13.3. The highest BCUT2D eigenvalue weighted by atomic mass is 16.5. The van der Waals surface area contributed by atoms with Crippen molar-refractivity contribution >= 4 is 17.3 Å². The zero-order valence-corrected chi connectivity index (χ0v) is 12.5. The van der Waals surface area contributed by atoms with Crippen molar-refractivity contribution in [2.24, 2.45) is 0 Å². The van der Waals surface area contributed by atoms with E-state index in [2.05, 4.69) is 20.2 Å². The molecule has 0 saturated carbocycles. The molecule has 2 aliphatic heterocycles. The maximum Gasteiger partial charge on any atom is 0.146 e. The Morgan fingerprint density at radius 1 is 1.18 bits per heavy atom. The fourth-order valence-corrected chi connectivity index (χ4v) is 2.91. The van der Waals surface area contributed by atoms with E-state index in [1.54, 1.807) is 6.33 Å². The molecule has 0 radical (unpaired) electrons. The van der Waals surface area contributed by atoms with E-state index in [1.807, 2.05) is 25.1 Å². The van der Waals surface area contributed by atoms with E-state index in [4.69, 9.17) is 9.47 Å². The summed E-state index contributed by atoms with van der Waals surface area (Å²) >= 11 is 0. The van der Waals surface area contributed by atoms with Crippen LogP contribution in [0.5, 0.6) is 5.75 Å². The lowest BCUT2D eigenvalue weighted by molar-refractivity contribution is 0.122. The number of hydrogen-bond acceptors (Lipinski definition) is 6. The number of benzene rings is 1. The Morgan fingerprint density at radius 3 is 2.91 bits per heavy atom. The SMILES string of the molecule is Cc1cccc2c1OCc1c(ncnc1N1CCOCC1)N2. The van der Waals surface area contributed by atoms with Crippen molar-refractivity contribution in [1.29, 1.82) is 0 Å². The molecule has 6 heteroatoms. The summed E-state index contributed by atoms with van der Waals surface area (Å²) in [6.45, 7) is 5.66. The molecule has 114 valence electrons. The summed E-state index contributed by atoms with van der Waals surface area (Å²) in [5.74, 6) is 2.64. The number of fused-ring (bicyclic) bond motifs is 2. The van der Waals surface area contributed by atoms with E-state index in [1.165, 1.54) is 0 Å². The molecule has 3 heterocycles. The van der Waals surface area contributed by atoms with Crippen LogP contribution < -0.4 is 15.0 Å². The first-order valence-electron chi connectivity index (χ1n) is 7.49. The van der Waals surface area contributed by atoms with Gasteiger partial charge < -0.3 is 19.7 Å². The molecule has 0 atom stereocenters. The summed E-state index contributed by atoms with van der Waals surface area (Å²) in [5.41, 5.74) is 3.06. The van der Waals surface area contributed by atoms with Crippen LogP contribution in [0.15, 0.2) is 24.5 Å². The second-order valence-corrected chi connectivity index (χ2v) is 5.49. The Labute approximate surface area is 129 Å². The van der Waals surface area contributed by atoms with Gasteiger partial charge in [0, 0.05) is 13.1 Å². The van der Waals surface area contributed by atoms with Gasteiger partial charge >= 0.3 is 0 Å². The van der Waals surface area contributed by atoms with Gasteiger partial charge in [-0.15, -0.1) is 0 Å². The minimum Gasteiger partial charge on any atom is -0.486 e. The average Bonchev–Trinajstić information content (AvgIpc) is 2.75. The van der Waals surface area contributed by atoms with Gasteiger partial charge in [0.1, 0.15) is 30.3 Å².